The van der Waals surface area contributed by atoms with Gasteiger partial charge in [-0.15, -0.1) is 4.36 Å². The summed E-state index contributed by atoms with van der Waals surface area (Å²) >= 11 is 0. The first-order valence-corrected chi connectivity index (χ1v) is 17.8. The molecule has 0 spiro atoms. The van der Waals surface area contributed by atoms with Crippen molar-refractivity contribution < 1.29 is 14.1 Å². The summed E-state index contributed by atoms with van der Waals surface area (Å²) in [6.07, 6.45) is 13.2. The Morgan fingerprint density at radius 2 is 1.74 bits per heavy atom. The lowest BCUT2D eigenvalue weighted by molar-refractivity contribution is -0.162. The van der Waals surface area contributed by atoms with E-state index < -0.39 is 26.7 Å². The van der Waals surface area contributed by atoms with Crippen LogP contribution in [0.2, 0.25) is 0 Å². The summed E-state index contributed by atoms with van der Waals surface area (Å²) in [7, 11) is -2.58. The highest BCUT2D eigenvalue weighted by Crippen LogP contribution is 2.73. The number of allylic oxidation sites excluding steroid dienone is 3. The number of aliphatic hydroxyl groups is 1. The van der Waals surface area contributed by atoms with Crippen LogP contribution in [0.1, 0.15) is 93.4 Å². The van der Waals surface area contributed by atoms with Crippen LogP contribution < -0.4 is 5.32 Å². The molecule has 230 valence electrons. The van der Waals surface area contributed by atoms with Gasteiger partial charge in [0.05, 0.1) is 27.5 Å². The highest BCUT2D eigenvalue weighted by Gasteiger charge is 2.69. The van der Waals surface area contributed by atoms with Crippen LogP contribution in [0.5, 0.6) is 0 Å². The molecule has 42 heavy (non-hydrogen) atoms. The number of nitriles is 2. The van der Waals surface area contributed by atoms with E-state index >= 15 is 0 Å². The average molecular weight is 595 g/mol. The number of nitrogens with zero attached hydrogens (tertiary/aromatic N) is 3. The molecule has 7 nitrogen and oxygen atoms in total. The Kier molecular flexibility index (Phi) is 7.30. The zero-order chi connectivity index (χ0) is 31.1. The van der Waals surface area contributed by atoms with E-state index in [0.717, 1.165) is 50.5 Å². The summed E-state index contributed by atoms with van der Waals surface area (Å²) < 4.78 is 16.4. The fourth-order valence-electron chi connectivity index (χ4n) is 10.7. The average Bonchev–Trinajstić information content (AvgIpc) is 2.88. The predicted molar refractivity (Wildman–Crippen MR) is 165 cm³/mol. The predicted octanol–water partition coefficient (Wildman–Crippen LogP) is 5.92. The lowest BCUT2D eigenvalue weighted by Gasteiger charge is -2.69. The lowest BCUT2D eigenvalue weighted by Crippen LogP contribution is -2.69. The zero-order valence-electron chi connectivity index (χ0n) is 26.8. The molecule has 5 rings (SSSR count). The molecule has 0 aromatic heterocycles. The summed E-state index contributed by atoms with van der Waals surface area (Å²) in [6.45, 7) is 16.2. The number of hydrogen-bond donors (Lipinski definition) is 2. The Balaban J connectivity index is 1.59. The van der Waals surface area contributed by atoms with Gasteiger partial charge in [0, 0.05) is 35.4 Å². The monoisotopic (exact) mass is 594 g/mol. The number of fused-ring (bicyclic) bond motifs is 7. The number of aliphatic hydroxyl groups excluding tert-OH is 1. The van der Waals surface area contributed by atoms with Crippen LogP contribution >= 0.6 is 0 Å². The summed E-state index contributed by atoms with van der Waals surface area (Å²) in [5.41, 5.74) is 0.0454. The van der Waals surface area contributed by atoms with E-state index in [1.165, 1.54) is 0 Å². The van der Waals surface area contributed by atoms with Crippen molar-refractivity contribution in [3.05, 3.63) is 23.3 Å². The second-order valence-electron chi connectivity index (χ2n) is 16.4. The number of carbonyl (C=O) groups excluding carboxylic acids is 1. The standard InChI is InChI=1S/C34H50N4O3S/c1-29(2)11-13-34(37-15-16-42(8,41)38-21-36)14-12-33(7)27(23(34)19-29)24(39)17-26-31(5)18-22(20-35)28(40)30(3,4)25(31)9-10-32(26,33)6/h17-18,23,25,27-28,37,40H,9-16,19H2,1-8H3/t23-,25-,27-,28?,31-,32+,33+,34-,42?/m0/s1. The van der Waals surface area contributed by atoms with Crippen molar-refractivity contribution in [3.8, 4) is 12.3 Å². The zero-order valence-corrected chi connectivity index (χ0v) is 27.7. The van der Waals surface area contributed by atoms with Gasteiger partial charge in [-0.1, -0.05) is 60.1 Å². The van der Waals surface area contributed by atoms with Gasteiger partial charge in [-0.3, -0.25) is 4.79 Å². The van der Waals surface area contributed by atoms with Gasteiger partial charge in [0.2, 0.25) is 6.19 Å². The van der Waals surface area contributed by atoms with Crippen molar-refractivity contribution in [1.29, 1.82) is 10.5 Å². The molecular weight excluding hydrogens is 544 g/mol. The highest BCUT2D eigenvalue weighted by atomic mass is 32.2. The lowest BCUT2D eigenvalue weighted by atomic mass is 9.35. The largest absolute Gasteiger partial charge is 0.387 e. The first kappa shape index (κ1) is 31.4. The smallest absolute Gasteiger partial charge is 0.214 e. The van der Waals surface area contributed by atoms with E-state index in [4.69, 9.17) is 5.26 Å². The van der Waals surface area contributed by atoms with Crippen LogP contribution in [-0.4, -0.2) is 45.3 Å². The number of ketones is 1. The van der Waals surface area contributed by atoms with E-state index in [0.29, 0.717) is 17.9 Å². The quantitative estimate of drug-likeness (QED) is 0.389. The van der Waals surface area contributed by atoms with Gasteiger partial charge < -0.3 is 10.4 Å². The van der Waals surface area contributed by atoms with E-state index in [-0.39, 0.29) is 45.3 Å². The first-order valence-electron chi connectivity index (χ1n) is 15.7. The van der Waals surface area contributed by atoms with Gasteiger partial charge in [-0.2, -0.15) is 10.5 Å². The van der Waals surface area contributed by atoms with E-state index in [2.05, 4.69) is 64.2 Å². The Bertz CT molecular complexity index is 1460. The Morgan fingerprint density at radius 3 is 2.38 bits per heavy atom. The molecular formula is C34H50N4O3S. The van der Waals surface area contributed by atoms with Crippen molar-refractivity contribution in [2.75, 3.05) is 18.6 Å². The maximum atomic E-state index is 14.6. The van der Waals surface area contributed by atoms with Gasteiger partial charge >= 0.3 is 0 Å². The molecule has 0 bridgehead atoms. The number of hydrogen-bond acceptors (Lipinski definition) is 7. The van der Waals surface area contributed by atoms with Gasteiger partial charge in [0.25, 0.3) is 0 Å². The topological polar surface area (TPSA) is 126 Å². The molecule has 2 unspecified atom stereocenters. The molecule has 0 amide bonds. The van der Waals surface area contributed by atoms with E-state index in [1.54, 1.807) is 12.4 Å². The molecule has 0 aliphatic heterocycles. The fourth-order valence-corrected chi connectivity index (χ4v) is 11.5. The Labute approximate surface area is 253 Å². The molecule has 0 radical (unpaired) electrons. The van der Waals surface area contributed by atoms with E-state index in [1.807, 2.05) is 12.2 Å². The van der Waals surface area contributed by atoms with Crippen LogP contribution in [0.4, 0.5) is 0 Å². The van der Waals surface area contributed by atoms with Gasteiger partial charge in [-0.25, -0.2) is 4.21 Å². The molecule has 3 fully saturated rings. The van der Waals surface area contributed by atoms with Crippen molar-refractivity contribution >= 4 is 15.5 Å². The van der Waals surface area contributed by atoms with Crippen LogP contribution in [0, 0.1) is 67.6 Å². The molecule has 0 aromatic rings. The van der Waals surface area contributed by atoms with Crippen molar-refractivity contribution in [2.45, 2.75) is 105 Å². The molecule has 9 atom stereocenters. The third-order valence-corrected chi connectivity index (χ3v) is 14.7. The number of carbonyl (C=O) groups is 1. The molecule has 5 aliphatic rings. The first-order chi connectivity index (χ1) is 19.3. The molecule has 0 saturated heterocycles. The molecule has 0 aromatic carbocycles. The highest BCUT2D eigenvalue weighted by molar-refractivity contribution is 7.93. The van der Waals surface area contributed by atoms with Crippen LogP contribution in [0.15, 0.2) is 27.7 Å². The number of rotatable bonds is 4. The van der Waals surface area contributed by atoms with Gasteiger partial charge in [0.15, 0.2) is 5.78 Å². The molecule has 3 saturated carbocycles. The minimum absolute atomic E-state index is 0.116. The van der Waals surface area contributed by atoms with Gasteiger partial charge in [0.1, 0.15) is 0 Å². The maximum Gasteiger partial charge on any atom is 0.214 e. The van der Waals surface area contributed by atoms with Crippen molar-refractivity contribution in [3.63, 3.8) is 0 Å². The van der Waals surface area contributed by atoms with Crippen LogP contribution in [-0.2, 0) is 14.5 Å². The maximum absolute atomic E-state index is 14.6. The van der Waals surface area contributed by atoms with Gasteiger partial charge in [-0.05, 0) is 84.5 Å². The SMILES string of the molecule is CC1(C)CC[C@]2(NCCS(C)(=O)=NC#N)CC[C@]3(C)[C@H](C(=O)C=C4[C@@]5(C)C=C(C#N)C(O)C(C)(C)[C@@H]5CC[C@]43C)[C@@H]2C1. The van der Waals surface area contributed by atoms with Crippen molar-refractivity contribution in [1.82, 2.24) is 5.32 Å². The molecule has 8 heteroatoms. The minimum atomic E-state index is -2.58. The third kappa shape index (κ3) is 4.38. The molecule has 2 N–H and O–H groups in total. The number of nitrogens with one attached hydrogen (secondary N) is 1. The summed E-state index contributed by atoms with van der Waals surface area (Å²) in [6, 6.07) is 2.29. The normalized spacial score (nSPS) is 44.8. The van der Waals surface area contributed by atoms with Crippen LogP contribution in [0.3, 0.4) is 0 Å². The van der Waals surface area contributed by atoms with E-state index in [9.17, 15) is 19.4 Å². The van der Waals surface area contributed by atoms with Crippen LogP contribution in [0.25, 0.3) is 0 Å². The Morgan fingerprint density at radius 1 is 1.07 bits per heavy atom. The minimum Gasteiger partial charge on any atom is -0.387 e. The summed E-state index contributed by atoms with van der Waals surface area (Å²) in [5, 5.41) is 33.9. The third-order valence-electron chi connectivity index (χ3n) is 13.3. The Hall–Kier alpha value is -2.00. The molecule has 0 heterocycles. The van der Waals surface area contributed by atoms with Crippen molar-refractivity contribution in [2.24, 2.45) is 49.2 Å². The summed E-state index contributed by atoms with van der Waals surface area (Å²) in [4.78, 5) is 14.6. The fraction of sp³-hybridized carbons (Fsp3) is 0.794. The second kappa shape index (κ2) is 9.75. The summed E-state index contributed by atoms with van der Waals surface area (Å²) in [5.74, 6) is 0.650. The second-order valence-corrected chi connectivity index (χ2v) is 18.9. The molecule has 5 aliphatic carbocycles.